The fourth-order valence-corrected chi connectivity index (χ4v) is 1.78. The lowest BCUT2D eigenvalue weighted by atomic mass is 10.0. The van der Waals surface area contributed by atoms with Crippen molar-refractivity contribution >= 4 is 5.82 Å². The Bertz CT molecular complexity index is 517. The fraction of sp³-hybridized carbons (Fsp3) is 0.250. The summed E-state index contributed by atoms with van der Waals surface area (Å²) >= 11 is 0. The number of benzene rings is 1. The van der Waals surface area contributed by atoms with Crippen molar-refractivity contribution in [1.29, 1.82) is 0 Å². The van der Waals surface area contributed by atoms with Gasteiger partial charge in [-0.15, -0.1) is 0 Å². The minimum atomic E-state index is 0.557. The number of anilines is 1. The highest BCUT2D eigenvalue weighted by molar-refractivity contribution is 5.79. The van der Waals surface area contributed by atoms with Gasteiger partial charge in [-0.05, 0) is 25.0 Å². The molecule has 0 aliphatic rings. The smallest absolute Gasteiger partial charge is 0.130 e. The molecule has 0 aliphatic heterocycles. The number of aromatic nitrogens is 2. The van der Waals surface area contributed by atoms with E-state index in [4.69, 9.17) is 10.5 Å². The molecule has 0 aliphatic carbocycles. The standard InChI is InChI=1S/C12H15N3O/c1-7-4-5-9(11(16-3)8(7)2)10-6-14-15-12(10)13/h4-6H,1-3H3,(H3,13,14,15). The monoisotopic (exact) mass is 217 g/mol. The van der Waals surface area contributed by atoms with Crippen LogP contribution in [-0.4, -0.2) is 17.3 Å². The molecule has 1 aromatic carbocycles. The van der Waals surface area contributed by atoms with E-state index in [0.29, 0.717) is 5.82 Å². The van der Waals surface area contributed by atoms with E-state index < -0.39 is 0 Å². The molecule has 0 radical (unpaired) electrons. The SMILES string of the molecule is COc1c(-c2cn[nH]c2N)ccc(C)c1C. The number of nitrogens with two attached hydrogens (primary N) is 1. The molecule has 0 saturated heterocycles. The van der Waals surface area contributed by atoms with Gasteiger partial charge in [-0.2, -0.15) is 5.10 Å². The van der Waals surface area contributed by atoms with Gasteiger partial charge in [0.05, 0.1) is 13.3 Å². The Hall–Kier alpha value is -1.97. The van der Waals surface area contributed by atoms with Crippen LogP contribution < -0.4 is 10.5 Å². The van der Waals surface area contributed by atoms with Gasteiger partial charge in [0.25, 0.3) is 0 Å². The highest BCUT2D eigenvalue weighted by Gasteiger charge is 2.13. The molecule has 0 saturated carbocycles. The summed E-state index contributed by atoms with van der Waals surface area (Å²) in [6.07, 6.45) is 1.71. The third kappa shape index (κ3) is 1.52. The molecule has 0 bridgehead atoms. The average Bonchev–Trinajstić information content (AvgIpc) is 2.68. The number of hydrogen-bond donors (Lipinski definition) is 2. The maximum atomic E-state index is 5.81. The van der Waals surface area contributed by atoms with Crippen LogP contribution in [0.5, 0.6) is 5.75 Å². The van der Waals surface area contributed by atoms with E-state index in [1.54, 1.807) is 13.3 Å². The summed E-state index contributed by atoms with van der Waals surface area (Å²) in [5.41, 5.74) is 9.98. The lowest BCUT2D eigenvalue weighted by Crippen LogP contribution is -1.95. The fourth-order valence-electron chi connectivity index (χ4n) is 1.78. The highest BCUT2D eigenvalue weighted by atomic mass is 16.5. The quantitative estimate of drug-likeness (QED) is 0.811. The molecule has 84 valence electrons. The van der Waals surface area contributed by atoms with E-state index >= 15 is 0 Å². The van der Waals surface area contributed by atoms with E-state index in [1.807, 2.05) is 13.0 Å². The van der Waals surface area contributed by atoms with Crippen LogP contribution in [-0.2, 0) is 0 Å². The molecule has 0 spiro atoms. The Kier molecular flexibility index (Phi) is 2.56. The van der Waals surface area contributed by atoms with Crippen molar-refractivity contribution in [2.75, 3.05) is 12.8 Å². The number of H-pyrrole nitrogens is 1. The van der Waals surface area contributed by atoms with Gasteiger partial charge in [0.1, 0.15) is 11.6 Å². The van der Waals surface area contributed by atoms with Crippen LogP contribution in [0.15, 0.2) is 18.3 Å². The molecule has 4 heteroatoms. The summed E-state index contributed by atoms with van der Waals surface area (Å²) in [5, 5.41) is 6.64. The normalized spacial score (nSPS) is 10.4. The second kappa shape index (κ2) is 3.89. The number of aryl methyl sites for hydroxylation is 1. The van der Waals surface area contributed by atoms with Crippen LogP contribution in [0, 0.1) is 13.8 Å². The molecular weight excluding hydrogens is 202 g/mol. The number of methoxy groups -OCH3 is 1. The zero-order chi connectivity index (χ0) is 11.7. The van der Waals surface area contributed by atoms with Gasteiger partial charge in [-0.25, -0.2) is 0 Å². The minimum absolute atomic E-state index is 0.557. The first-order valence-electron chi connectivity index (χ1n) is 5.08. The molecule has 1 aromatic heterocycles. The summed E-state index contributed by atoms with van der Waals surface area (Å²) in [6, 6.07) is 4.06. The third-order valence-corrected chi connectivity index (χ3v) is 2.84. The molecule has 1 heterocycles. The maximum absolute atomic E-state index is 5.81. The van der Waals surface area contributed by atoms with Gasteiger partial charge < -0.3 is 10.5 Å². The van der Waals surface area contributed by atoms with Crippen molar-refractivity contribution in [3.63, 3.8) is 0 Å². The number of nitrogens with zero attached hydrogens (tertiary/aromatic N) is 1. The lowest BCUT2D eigenvalue weighted by Gasteiger charge is -2.12. The zero-order valence-electron chi connectivity index (χ0n) is 9.66. The number of nitrogen functional groups attached to an aromatic ring is 1. The second-order valence-electron chi connectivity index (χ2n) is 3.79. The molecule has 0 fully saturated rings. The van der Waals surface area contributed by atoms with Crippen LogP contribution in [0.25, 0.3) is 11.1 Å². The van der Waals surface area contributed by atoms with Crippen LogP contribution >= 0.6 is 0 Å². The zero-order valence-corrected chi connectivity index (χ0v) is 9.66. The van der Waals surface area contributed by atoms with Crippen molar-refractivity contribution in [3.8, 4) is 16.9 Å². The number of aromatic amines is 1. The summed E-state index contributed by atoms with van der Waals surface area (Å²) < 4.78 is 5.44. The van der Waals surface area contributed by atoms with E-state index in [1.165, 1.54) is 5.56 Å². The Morgan fingerprint density at radius 2 is 2.00 bits per heavy atom. The van der Waals surface area contributed by atoms with E-state index in [9.17, 15) is 0 Å². The summed E-state index contributed by atoms with van der Waals surface area (Å²) in [4.78, 5) is 0. The predicted octanol–water partition coefficient (Wildman–Crippen LogP) is 2.28. The predicted molar refractivity (Wildman–Crippen MR) is 64.5 cm³/mol. The van der Waals surface area contributed by atoms with Crippen molar-refractivity contribution in [2.24, 2.45) is 0 Å². The topological polar surface area (TPSA) is 63.9 Å². The largest absolute Gasteiger partial charge is 0.496 e. The summed E-state index contributed by atoms with van der Waals surface area (Å²) in [7, 11) is 1.67. The number of hydrogen-bond acceptors (Lipinski definition) is 3. The summed E-state index contributed by atoms with van der Waals surface area (Å²) in [5.74, 6) is 1.41. The minimum Gasteiger partial charge on any atom is -0.496 e. The molecule has 2 rings (SSSR count). The number of nitrogens with one attached hydrogen (secondary N) is 1. The van der Waals surface area contributed by atoms with Crippen molar-refractivity contribution < 1.29 is 4.74 Å². The molecule has 0 atom stereocenters. The first kappa shape index (κ1) is 10.5. The van der Waals surface area contributed by atoms with Crippen LogP contribution in [0.3, 0.4) is 0 Å². The van der Waals surface area contributed by atoms with Gasteiger partial charge in [-0.1, -0.05) is 12.1 Å². The van der Waals surface area contributed by atoms with Gasteiger partial charge >= 0.3 is 0 Å². The highest BCUT2D eigenvalue weighted by Crippen LogP contribution is 2.36. The first-order chi connectivity index (χ1) is 7.65. The average molecular weight is 217 g/mol. The molecule has 4 nitrogen and oxygen atoms in total. The molecule has 0 unspecified atom stereocenters. The summed E-state index contributed by atoms with van der Waals surface area (Å²) in [6.45, 7) is 4.09. The van der Waals surface area contributed by atoms with E-state index in [-0.39, 0.29) is 0 Å². The second-order valence-corrected chi connectivity index (χ2v) is 3.79. The molecule has 0 amide bonds. The first-order valence-corrected chi connectivity index (χ1v) is 5.08. The molecule has 2 aromatic rings. The van der Waals surface area contributed by atoms with Crippen LogP contribution in [0.4, 0.5) is 5.82 Å². The van der Waals surface area contributed by atoms with Crippen LogP contribution in [0.1, 0.15) is 11.1 Å². The van der Waals surface area contributed by atoms with Gasteiger partial charge in [0.15, 0.2) is 0 Å². The Morgan fingerprint density at radius 3 is 2.56 bits per heavy atom. The molecule has 16 heavy (non-hydrogen) atoms. The van der Waals surface area contributed by atoms with Crippen molar-refractivity contribution in [3.05, 3.63) is 29.5 Å². The van der Waals surface area contributed by atoms with E-state index in [2.05, 4.69) is 23.2 Å². The Balaban J connectivity index is 2.66. The van der Waals surface area contributed by atoms with Gasteiger partial charge in [-0.3, -0.25) is 5.10 Å². The molecule has 3 N–H and O–H groups in total. The molecular formula is C12H15N3O. The van der Waals surface area contributed by atoms with Crippen molar-refractivity contribution in [1.82, 2.24) is 10.2 Å². The van der Waals surface area contributed by atoms with E-state index in [0.717, 1.165) is 22.4 Å². The van der Waals surface area contributed by atoms with Crippen molar-refractivity contribution in [2.45, 2.75) is 13.8 Å². The lowest BCUT2D eigenvalue weighted by molar-refractivity contribution is 0.413. The Morgan fingerprint density at radius 1 is 1.25 bits per heavy atom. The van der Waals surface area contributed by atoms with Crippen LogP contribution in [0.2, 0.25) is 0 Å². The third-order valence-electron chi connectivity index (χ3n) is 2.84. The Labute approximate surface area is 94.4 Å². The maximum Gasteiger partial charge on any atom is 0.130 e. The number of rotatable bonds is 2. The number of ether oxygens (including phenoxy) is 1. The van der Waals surface area contributed by atoms with Gasteiger partial charge in [0.2, 0.25) is 0 Å². The van der Waals surface area contributed by atoms with Gasteiger partial charge in [0, 0.05) is 11.1 Å².